The van der Waals surface area contributed by atoms with Crippen LogP contribution in [-0.2, 0) is 9.59 Å². The van der Waals surface area contributed by atoms with Crippen molar-refractivity contribution in [2.45, 2.75) is 25.3 Å². The Hall–Kier alpha value is -3.91. The number of benzene rings is 3. The molecule has 0 saturated carbocycles. The zero-order chi connectivity index (χ0) is 21.6. The van der Waals surface area contributed by atoms with Crippen LogP contribution in [0.5, 0.6) is 5.75 Å². The van der Waals surface area contributed by atoms with Gasteiger partial charge in [0.15, 0.2) is 6.04 Å². The summed E-state index contributed by atoms with van der Waals surface area (Å²) in [6.07, 6.45) is 2.18. The molecule has 1 aliphatic heterocycles. The minimum atomic E-state index is -0.757. The van der Waals surface area contributed by atoms with E-state index in [9.17, 15) is 9.59 Å². The predicted molar refractivity (Wildman–Crippen MR) is 117 cm³/mol. The highest BCUT2D eigenvalue weighted by Crippen LogP contribution is 2.29. The third kappa shape index (κ3) is 4.65. The van der Waals surface area contributed by atoms with Crippen molar-refractivity contribution in [1.82, 2.24) is 4.90 Å². The molecule has 1 unspecified atom stereocenters. The molecule has 5 heteroatoms. The van der Waals surface area contributed by atoms with Crippen LogP contribution in [-0.4, -0.2) is 23.3 Å². The first-order valence-electron chi connectivity index (χ1n) is 10.3. The summed E-state index contributed by atoms with van der Waals surface area (Å²) in [5.74, 6) is -0.0615. The topological polar surface area (TPSA) is 70.4 Å². The number of nitrogens with zero attached hydrogens (tertiary/aromatic N) is 2. The van der Waals surface area contributed by atoms with E-state index in [4.69, 9.17) is 10.00 Å². The second-order valence-electron chi connectivity index (χ2n) is 7.49. The molecule has 0 aliphatic carbocycles. The lowest BCUT2D eigenvalue weighted by Crippen LogP contribution is -2.43. The van der Waals surface area contributed by atoms with E-state index in [1.807, 2.05) is 54.6 Å². The lowest BCUT2D eigenvalue weighted by atomic mass is 10.0. The van der Waals surface area contributed by atoms with Crippen LogP contribution in [0.15, 0.2) is 78.9 Å². The largest absolute Gasteiger partial charge is 0.425 e. The normalized spacial score (nSPS) is 14.5. The van der Waals surface area contributed by atoms with Gasteiger partial charge in [0.25, 0.3) is 0 Å². The van der Waals surface area contributed by atoms with Gasteiger partial charge < -0.3 is 9.64 Å². The molecule has 154 valence electrons. The van der Waals surface area contributed by atoms with Crippen LogP contribution < -0.4 is 4.74 Å². The molecular formula is C26H22N2O3. The molecule has 0 radical (unpaired) electrons. The average Bonchev–Trinajstić information content (AvgIpc) is 2.82. The summed E-state index contributed by atoms with van der Waals surface area (Å²) < 4.78 is 5.68. The number of carbonyl (C=O) groups excluding carboxylic acids is 2. The minimum absolute atomic E-state index is 0.0202. The van der Waals surface area contributed by atoms with Crippen molar-refractivity contribution in [3.63, 3.8) is 0 Å². The molecular weight excluding hydrogens is 388 g/mol. The van der Waals surface area contributed by atoms with Gasteiger partial charge in [-0.25, -0.2) is 4.79 Å². The molecule has 1 fully saturated rings. The second-order valence-corrected chi connectivity index (χ2v) is 7.49. The van der Waals surface area contributed by atoms with Crippen LogP contribution in [0.25, 0.3) is 11.1 Å². The van der Waals surface area contributed by atoms with Gasteiger partial charge in [-0.05, 0) is 53.8 Å². The quantitative estimate of drug-likeness (QED) is 0.444. The van der Waals surface area contributed by atoms with Gasteiger partial charge in [-0.1, -0.05) is 54.6 Å². The Bertz CT molecular complexity index is 1100. The van der Waals surface area contributed by atoms with Crippen LogP contribution in [0.2, 0.25) is 0 Å². The standard InChI is InChI=1S/C26H22N2O3/c27-18-19-9-11-20(12-10-19)21-13-15-23(16-14-21)31-26(30)25(22-6-2-1-3-7-22)28-17-5-4-8-24(28)29/h1-3,6-7,9-16,25H,4-5,8,17H2. The first-order valence-corrected chi connectivity index (χ1v) is 10.3. The van der Waals surface area contributed by atoms with E-state index in [0.29, 0.717) is 24.3 Å². The highest BCUT2D eigenvalue weighted by Gasteiger charge is 2.34. The van der Waals surface area contributed by atoms with E-state index in [1.165, 1.54) is 0 Å². The molecule has 4 rings (SSSR count). The molecule has 0 N–H and O–H groups in total. The van der Waals surface area contributed by atoms with Crippen LogP contribution in [0.1, 0.15) is 36.4 Å². The lowest BCUT2D eigenvalue weighted by Gasteiger charge is -2.33. The Morgan fingerprint density at radius 3 is 2.16 bits per heavy atom. The molecule has 1 aliphatic rings. The van der Waals surface area contributed by atoms with E-state index in [-0.39, 0.29) is 5.91 Å². The number of likely N-dealkylation sites (tertiary alicyclic amines) is 1. The summed E-state index contributed by atoms with van der Waals surface area (Å²) in [4.78, 5) is 27.3. The van der Waals surface area contributed by atoms with E-state index >= 15 is 0 Å². The van der Waals surface area contributed by atoms with Crippen molar-refractivity contribution < 1.29 is 14.3 Å². The van der Waals surface area contributed by atoms with Gasteiger partial charge in [-0.3, -0.25) is 4.79 Å². The molecule has 1 amide bonds. The van der Waals surface area contributed by atoms with E-state index in [2.05, 4.69) is 6.07 Å². The van der Waals surface area contributed by atoms with E-state index in [0.717, 1.165) is 29.5 Å². The van der Waals surface area contributed by atoms with Gasteiger partial charge in [0.1, 0.15) is 5.75 Å². The highest BCUT2D eigenvalue weighted by molar-refractivity contribution is 5.87. The number of hydrogen-bond acceptors (Lipinski definition) is 4. The summed E-state index contributed by atoms with van der Waals surface area (Å²) >= 11 is 0. The zero-order valence-electron chi connectivity index (χ0n) is 17.0. The smallest absolute Gasteiger partial charge is 0.338 e. The fourth-order valence-corrected chi connectivity index (χ4v) is 3.80. The summed E-state index contributed by atoms with van der Waals surface area (Å²) in [5.41, 5.74) is 3.28. The third-order valence-electron chi connectivity index (χ3n) is 5.43. The Kier molecular flexibility index (Phi) is 6.09. The summed E-state index contributed by atoms with van der Waals surface area (Å²) in [7, 11) is 0. The molecule has 0 spiro atoms. The SMILES string of the molecule is N#Cc1ccc(-c2ccc(OC(=O)C(c3ccccc3)N3CCCCC3=O)cc2)cc1. The van der Waals surface area contributed by atoms with E-state index < -0.39 is 12.0 Å². The summed E-state index contributed by atoms with van der Waals surface area (Å²) in [6.45, 7) is 0.547. The molecule has 0 bridgehead atoms. The van der Waals surface area contributed by atoms with Crippen molar-refractivity contribution in [3.05, 3.63) is 90.0 Å². The van der Waals surface area contributed by atoms with Crippen molar-refractivity contribution >= 4 is 11.9 Å². The van der Waals surface area contributed by atoms with Gasteiger partial charge in [0, 0.05) is 13.0 Å². The van der Waals surface area contributed by atoms with Crippen molar-refractivity contribution in [2.24, 2.45) is 0 Å². The average molecular weight is 410 g/mol. The van der Waals surface area contributed by atoms with Crippen molar-refractivity contribution in [3.8, 4) is 22.9 Å². The summed E-state index contributed by atoms with van der Waals surface area (Å²) in [6, 6.07) is 25.2. The van der Waals surface area contributed by atoms with Gasteiger partial charge in [-0.2, -0.15) is 5.26 Å². The molecule has 1 saturated heterocycles. The fraction of sp³-hybridized carbons (Fsp3) is 0.192. The van der Waals surface area contributed by atoms with Gasteiger partial charge >= 0.3 is 5.97 Å². The maximum Gasteiger partial charge on any atom is 0.338 e. The van der Waals surface area contributed by atoms with Crippen LogP contribution >= 0.6 is 0 Å². The van der Waals surface area contributed by atoms with Gasteiger partial charge in [0.2, 0.25) is 5.91 Å². The molecule has 3 aromatic rings. The first kappa shape index (κ1) is 20.4. The Balaban J connectivity index is 1.54. The Morgan fingerprint density at radius 1 is 0.903 bits per heavy atom. The third-order valence-corrected chi connectivity index (χ3v) is 5.43. The fourth-order valence-electron chi connectivity index (χ4n) is 3.80. The number of nitriles is 1. The summed E-state index contributed by atoms with van der Waals surface area (Å²) in [5, 5.41) is 8.93. The second kappa shape index (κ2) is 9.27. The zero-order valence-corrected chi connectivity index (χ0v) is 17.0. The number of ether oxygens (including phenoxy) is 1. The molecule has 1 atom stereocenters. The number of rotatable bonds is 5. The van der Waals surface area contributed by atoms with E-state index in [1.54, 1.807) is 29.2 Å². The number of piperidine rings is 1. The van der Waals surface area contributed by atoms with Crippen molar-refractivity contribution in [2.75, 3.05) is 6.54 Å². The molecule has 31 heavy (non-hydrogen) atoms. The number of amides is 1. The van der Waals surface area contributed by atoms with Crippen LogP contribution in [0.4, 0.5) is 0 Å². The van der Waals surface area contributed by atoms with Crippen LogP contribution in [0.3, 0.4) is 0 Å². The lowest BCUT2D eigenvalue weighted by molar-refractivity contribution is -0.150. The monoisotopic (exact) mass is 410 g/mol. The first-order chi connectivity index (χ1) is 15.2. The Labute approximate surface area is 181 Å². The number of esters is 1. The Morgan fingerprint density at radius 2 is 1.55 bits per heavy atom. The maximum absolute atomic E-state index is 13.1. The van der Waals surface area contributed by atoms with Gasteiger partial charge in [-0.15, -0.1) is 0 Å². The maximum atomic E-state index is 13.1. The minimum Gasteiger partial charge on any atom is -0.425 e. The molecule has 1 heterocycles. The number of carbonyl (C=O) groups is 2. The molecule has 5 nitrogen and oxygen atoms in total. The number of hydrogen-bond donors (Lipinski definition) is 0. The highest BCUT2D eigenvalue weighted by atomic mass is 16.5. The van der Waals surface area contributed by atoms with Crippen LogP contribution in [0, 0.1) is 11.3 Å². The predicted octanol–water partition coefficient (Wildman–Crippen LogP) is 4.88. The van der Waals surface area contributed by atoms with Gasteiger partial charge in [0.05, 0.1) is 11.6 Å². The van der Waals surface area contributed by atoms with Crippen molar-refractivity contribution in [1.29, 1.82) is 5.26 Å². The molecule has 0 aromatic heterocycles. The molecule has 3 aromatic carbocycles.